The summed E-state index contributed by atoms with van der Waals surface area (Å²) in [4.78, 5) is 27.4. The first-order valence-electron chi connectivity index (χ1n) is 13.2. The lowest BCUT2D eigenvalue weighted by atomic mass is 10.3. The molecule has 0 atom stereocenters. The minimum atomic E-state index is -0.833. The van der Waals surface area contributed by atoms with Gasteiger partial charge >= 0.3 is 17.3 Å². The Kier molecular flexibility index (Phi) is 8.23. The van der Waals surface area contributed by atoms with Gasteiger partial charge in [0.25, 0.3) is 11.9 Å². The van der Waals surface area contributed by atoms with Crippen molar-refractivity contribution in [3.63, 3.8) is 0 Å². The number of nitrogens with zero attached hydrogens (tertiary/aromatic N) is 6. The summed E-state index contributed by atoms with van der Waals surface area (Å²) in [6.07, 6.45) is 0. The SMILES string of the molecule is CC(=O)O.CC(=O)O.CC(C)=O.C[n+]1c2ccccc2n2c1n1c3ccccc3[n+](C)c1n1c3ccccc3[n+](C)c21. The van der Waals surface area contributed by atoms with E-state index in [-0.39, 0.29) is 5.78 Å². The van der Waals surface area contributed by atoms with Gasteiger partial charge in [-0.3, -0.25) is 9.59 Å². The zero-order valence-electron chi connectivity index (χ0n) is 24.7. The summed E-state index contributed by atoms with van der Waals surface area (Å²) < 4.78 is 14.0. The Balaban J connectivity index is 0.000000291. The molecular weight excluding hydrogens is 536 g/mol. The Labute approximate surface area is 241 Å². The van der Waals surface area contributed by atoms with Crippen molar-refractivity contribution in [1.29, 1.82) is 0 Å². The first-order valence-corrected chi connectivity index (χ1v) is 13.2. The fourth-order valence-corrected chi connectivity index (χ4v) is 5.25. The highest BCUT2D eigenvalue weighted by Gasteiger charge is 2.34. The quantitative estimate of drug-likeness (QED) is 0.271. The first-order chi connectivity index (χ1) is 19.9. The van der Waals surface area contributed by atoms with Gasteiger partial charge in [0.05, 0.1) is 21.1 Å². The van der Waals surface area contributed by atoms with E-state index < -0.39 is 11.9 Å². The smallest absolute Gasteiger partial charge is 0.385 e. The monoisotopic (exact) mass is 571 g/mol. The van der Waals surface area contributed by atoms with Gasteiger partial charge in [-0.05, 0) is 50.2 Å². The third-order valence-electron chi connectivity index (χ3n) is 6.55. The Bertz CT molecular complexity index is 1870. The predicted octanol–water partition coefficient (Wildman–Crippen LogP) is 3.15. The number of rotatable bonds is 0. The van der Waals surface area contributed by atoms with Crippen molar-refractivity contribution >= 4 is 68.2 Å². The number of fused-ring (bicyclic) bond motifs is 12. The highest BCUT2D eigenvalue weighted by atomic mass is 16.4. The van der Waals surface area contributed by atoms with E-state index in [0.717, 1.165) is 31.2 Å². The molecule has 0 aliphatic carbocycles. The molecule has 0 saturated heterocycles. The van der Waals surface area contributed by atoms with Crippen LogP contribution in [0, 0.1) is 0 Å². The van der Waals surface area contributed by atoms with Gasteiger partial charge in [0, 0.05) is 13.8 Å². The summed E-state index contributed by atoms with van der Waals surface area (Å²) in [6, 6.07) is 25.9. The summed E-state index contributed by atoms with van der Waals surface area (Å²) in [7, 11) is 6.47. The van der Waals surface area contributed by atoms with Crippen molar-refractivity contribution in [3.05, 3.63) is 72.8 Å². The molecule has 42 heavy (non-hydrogen) atoms. The summed E-state index contributed by atoms with van der Waals surface area (Å²) in [6.45, 7) is 5.22. The molecule has 4 aromatic heterocycles. The minimum absolute atomic E-state index is 0.167. The molecule has 0 unspecified atom stereocenters. The van der Waals surface area contributed by atoms with Gasteiger partial charge < -0.3 is 15.0 Å². The van der Waals surface area contributed by atoms with Crippen LogP contribution in [0.5, 0.6) is 0 Å². The number of carboxylic acid groups (broad SMARTS) is 2. The number of ketones is 1. The highest BCUT2D eigenvalue weighted by molar-refractivity contribution is 5.85. The number of aliphatic carboxylic acids is 2. The van der Waals surface area contributed by atoms with Crippen molar-refractivity contribution < 1.29 is 38.3 Å². The molecule has 7 rings (SSSR count). The van der Waals surface area contributed by atoms with Gasteiger partial charge in [-0.15, -0.1) is 13.2 Å². The van der Waals surface area contributed by atoms with Gasteiger partial charge in [0.2, 0.25) is 0 Å². The molecule has 7 aromatic rings. The fourth-order valence-electron chi connectivity index (χ4n) is 5.25. The van der Waals surface area contributed by atoms with Crippen LogP contribution in [0.4, 0.5) is 0 Å². The van der Waals surface area contributed by atoms with Crippen molar-refractivity contribution in [2.75, 3.05) is 0 Å². The van der Waals surface area contributed by atoms with Crippen LogP contribution >= 0.6 is 0 Å². The number of carbonyl (C=O) groups excluding carboxylic acids is 1. The van der Waals surface area contributed by atoms with E-state index >= 15 is 0 Å². The van der Waals surface area contributed by atoms with Crippen molar-refractivity contribution in [3.8, 4) is 0 Å². The highest BCUT2D eigenvalue weighted by Crippen LogP contribution is 2.25. The molecule has 2 N–H and O–H groups in total. The van der Waals surface area contributed by atoms with E-state index in [1.807, 2.05) is 0 Å². The zero-order chi connectivity index (χ0) is 30.9. The molecule has 11 heteroatoms. The van der Waals surface area contributed by atoms with Crippen LogP contribution in [0.1, 0.15) is 27.7 Å². The molecule has 0 aliphatic rings. The normalized spacial score (nSPS) is 10.7. The fraction of sp³-hybridized carbons (Fsp3) is 0.226. The maximum Gasteiger partial charge on any atom is 0.385 e. The molecule has 0 amide bonds. The van der Waals surface area contributed by atoms with Crippen LogP contribution in [-0.4, -0.2) is 41.1 Å². The van der Waals surface area contributed by atoms with Crippen molar-refractivity contribution in [2.24, 2.45) is 21.1 Å². The summed E-state index contributed by atoms with van der Waals surface area (Å²) >= 11 is 0. The number of imidazole rings is 3. The van der Waals surface area contributed by atoms with Gasteiger partial charge in [-0.25, -0.2) is 13.7 Å². The van der Waals surface area contributed by atoms with Crippen molar-refractivity contribution in [1.82, 2.24) is 13.2 Å². The molecular formula is C31H35N6O5+3. The number of carboxylic acids is 2. The number of carbonyl (C=O) groups is 3. The number of hydrogen-bond acceptors (Lipinski definition) is 3. The average molecular weight is 572 g/mol. The minimum Gasteiger partial charge on any atom is -0.481 e. The lowest BCUT2D eigenvalue weighted by Crippen LogP contribution is -2.36. The van der Waals surface area contributed by atoms with Gasteiger partial charge in [0.1, 0.15) is 22.3 Å². The first kappa shape index (κ1) is 29.7. The van der Waals surface area contributed by atoms with E-state index in [4.69, 9.17) is 19.8 Å². The molecule has 3 aromatic carbocycles. The molecule has 11 nitrogen and oxygen atoms in total. The van der Waals surface area contributed by atoms with Crippen LogP contribution in [0.15, 0.2) is 72.8 Å². The molecule has 216 valence electrons. The van der Waals surface area contributed by atoms with Crippen LogP contribution in [0.3, 0.4) is 0 Å². The van der Waals surface area contributed by atoms with Crippen LogP contribution in [0.2, 0.25) is 0 Å². The second-order valence-electron chi connectivity index (χ2n) is 10.00. The summed E-state index contributed by atoms with van der Waals surface area (Å²) in [5.41, 5.74) is 7.20. The molecule has 0 bridgehead atoms. The molecule has 0 fully saturated rings. The third kappa shape index (κ3) is 5.12. The standard InChI is InChI=1S/C24H21N6.C3H6O.2C2H4O2/c1-25-16-10-4-7-13-19(16)28-22(25)29-20-14-8-5-11-17(20)26(2)24(29)30-21-15-9-6-12-18(21)27(3)23(28)30;1-3(2)4;2*1-2(3)4/h4-15H,1-3H3;1-2H3;2*1H3,(H,3,4)/q+3;;;. The second-order valence-corrected chi connectivity index (χ2v) is 10.00. The Morgan fingerprint density at radius 1 is 0.500 bits per heavy atom. The van der Waals surface area contributed by atoms with Crippen molar-refractivity contribution in [2.45, 2.75) is 27.7 Å². The van der Waals surface area contributed by atoms with Crippen LogP contribution in [-0.2, 0) is 35.5 Å². The van der Waals surface area contributed by atoms with Gasteiger partial charge in [-0.1, -0.05) is 36.4 Å². The van der Waals surface area contributed by atoms with Gasteiger partial charge in [0.15, 0.2) is 16.6 Å². The molecule has 0 saturated carbocycles. The molecule has 0 radical (unpaired) electrons. The lowest BCUT2D eigenvalue weighted by Gasteiger charge is -1.98. The van der Waals surface area contributed by atoms with E-state index in [2.05, 4.69) is 121 Å². The number of aryl methyl sites for hydroxylation is 3. The van der Waals surface area contributed by atoms with Gasteiger partial charge in [-0.2, -0.15) is 0 Å². The second kappa shape index (κ2) is 11.7. The number of Topliss-reactive ketones (excluding diaryl/α,β-unsaturated/α-hetero) is 1. The van der Waals surface area contributed by atoms with E-state index in [0.29, 0.717) is 0 Å². The maximum absolute atomic E-state index is 9.44. The molecule has 0 spiro atoms. The van der Waals surface area contributed by atoms with E-state index in [9.17, 15) is 4.79 Å². The third-order valence-corrected chi connectivity index (χ3v) is 6.55. The van der Waals surface area contributed by atoms with Crippen LogP contribution < -0.4 is 13.7 Å². The number of benzene rings is 3. The topological polar surface area (TPSA) is 117 Å². The van der Waals surface area contributed by atoms with Crippen LogP contribution in [0.25, 0.3) is 50.4 Å². The Hall–Kier alpha value is -5.32. The summed E-state index contributed by atoms with van der Waals surface area (Å²) in [5, 5.41) is 14.8. The number of aromatic nitrogens is 6. The largest absolute Gasteiger partial charge is 0.481 e. The predicted molar refractivity (Wildman–Crippen MR) is 158 cm³/mol. The zero-order valence-corrected chi connectivity index (χ0v) is 24.7. The average Bonchev–Trinajstić information content (AvgIpc) is 3.50. The lowest BCUT2D eigenvalue weighted by molar-refractivity contribution is -0.632. The molecule has 4 heterocycles. The summed E-state index contributed by atoms with van der Waals surface area (Å²) in [5.74, 6) is 1.90. The number of para-hydroxylation sites is 6. The Morgan fingerprint density at radius 2 is 0.690 bits per heavy atom. The maximum atomic E-state index is 9.44. The Morgan fingerprint density at radius 3 is 0.905 bits per heavy atom. The molecule has 0 aliphatic heterocycles. The van der Waals surface area contributed by atoms with E-state index in [1.165, 1.54) is 46.9 Å². The number of hydrogen-bond donors (Lipinski definition) is 2. The van der Waals surface area contributed by atoms with E-state index in [1.54, 1.807) is 0 Å².